The van der Waals surface area contributed by atoms with Gasteiger partial charge in [0.05, 0.1) is 12.3 Å². The van der Waals surface area contributed by atoms with Crippen LogP contribution in [0.25, 0.3) is 0 Å². The molecule has 0 aliphatic carbocycles. The third kappa shape index (κ3) is 3.79. The first-order chi connectivity index (χ1) is 9.76. The first kappa shape index (κ1) is 15.0. The second kappa shape index (κ2) is 7.38. The summed E-state index contributed by atoms with van der Waals surface area (Å²) < 4.78 is 10.9. The Balaban J connectivity index is 1.99. The molecule has 1 aromatic carbocycles. The van der Waals surface area contributed by atoms with E-state index in [0.29, 0.717) is 19.8 Å². The molecule has 0 saturated heterocycles. The van der Waals surface area contributed by atoms with Crippen LogP contribution in [0.2, 0.25) is 0 Å². The van der Waals surface area contributed by atoms with Gasteiger partial charge in [0.1, 0.15) is 17.4 Å². The van der Waals surface area contributed by atoms with Gasteiger partial charge in [0.15, 0.2) is 0 Å². The number of methoxy groups -OCH3 is 1. The summed E-state index contributed by atoms with van der Waals surface area (Å²) in [5.74, 6) is 0.861. The van der Waals surface area contributed by atoms with Crippen molar-refractivity contribution in [1.82, 2.24) is 4.98 Å². The molecule has 2 N–H and O–H groups in total. The molecular formula is C15H20N2O2S. The van der Waals surface area contributed by atoms with Crippen molar-refractivity contribution in [2.75, 3.05) is 7.11 Å². The van der Waals surface area contributed by atoms with Crippen LogP contribution in [0.4, 0.5) is 0 Å². The van der Waals surface area contributed by atoms with Crippen LogP contribution < -0.4 is 10.5 Å². The summed E-state index contributed by atoms with van der Waals surface area (Å²) in [6, 6.07) is 8.15. The van der Waals surface area contributed by atoms with Gasteiger partial charge in [-0.25, -0.2) is 4.98 Å². The van der Waals surface area contributed by atoms with Gasteiger partial charge in [0.25, 0.3) is 0 Å². The Morgan fingerprint density at radius 1 is 1.20 bits per heavy atom. The third-order valence-corrected chi connectivity index (χ3v) is 4.08. The average Bonchev–Trinajstić information content (AvgIpc) is 2.88. The lowest BCUT2D eigenvalue weighted by molar-refractivity contribution is 0.181. The second-order valence-corrected chi connectivity index (χ2v) is 5.57. The highest BCUT2D eigenvalue weighted by Gasteiger charge is 2.10. The van der Waals surface area contributed by atoms with Crippen molar-refractivity contribution >= 4 is 11.3 Å². The number of rotatable bonds is 7. The van der Waals surface area contributed by atoms with Crippen LogP contribution in [0.15, 0.2) is 24.3 Å². The maximum atomic E-state index is 5.75. The summed E-state index contributed by atoms with van der Waals surface area (Å²) in [7, 11) is 1.66. The SMILES string of the molecule is CCc1ccc(OCc2nc(COC)c(CN)s2)cc1. The molecule has 108 valence electrons. The topological polar surface area (TPSA) is 57.4 Å². The molecule has 0 amide bonds. The molecule has 0 saturated carbocycles. The van der Waals surface area contributed by atoms with Crippen molar-refractivity contribution in [3.05, 3.63) is 45.4 Å². The van der Waals surface area contributed by atoms with E-state index >= 15 is 0 Å². The Labute approximate surface area is 123 Å². The van der Waals surface area contributed by atoms with Crippen molar-refractivity contribution < 1.29 is 9.47 Å². The number of nitrogens with two attached hydrogens (primary N) is 1. The van der Waals surface area contributed by atoms with Gasteiger partial charge in [0.2, 0.25) is 0 Å². The molecule has 0 unspecified atom stereocenters. The van der Waals surface area contributed by atoms with Crippen LogP contribution in [0.1, 0.15) is 28.1 Å². The van der Waals surface area contributed by atoms with E-state index in [0.717, 1.165) is 27.7 Å². The van der Waals surface area contributed by atoms with Gasteiger partial charge in [-0.1, -0.05) is 19.1 Å². The van der Waals surface area contributed by atoms with Crippen LogP contribution in [-0.2, 0) is 30.9 Å². The number of aromatic nitrogens is 1. The Kier molecular flexibility index (Phi) is 5.52. The van der Waals surface area contributed by atoms with Gasteiger partial charge >= 0.3 is 0 Å². The van der Waals surface area contributed by atoms with Gasteiger partial charge in [-0.05, 0) is 24.1 Å². The molecule has 0 spiro atoms. The molecule has 0 atom stereocenters. The standard InChI is InChI=1S/C15H20N2O2S/c1-3-11-4-6-12(7-5-11)19-10-15-17-13(9-18-2)14(8-16)20-15/h4-7H,3,8-10,16H2,1-2H3. The number of hydrogen-bond donors (Lipinski definition) is 1. The van der Waals surface area contributed by atoms with Crippen LogP contribution in [0.5, 0.6) is 5.75 Å². The highest BCUT2D eigenvalue weighted by atomic mass is 32.1. The fourth-order valence-electron chi connectivity index (χ4n) is 1.87. The molecule has 5 heteroatoms. The Morgan fingerprint density at radius 2 is 1.95 bits per heavy atom. The number of benzene rings is 1. The monoisotopic (exact) mass is 292 g/mol. The van der Waals surface area contributed by atoms with E-state index in [9.17, 15) is 0 Å². The zero-order valence-corrected chi connectivity index (χ0v) is 12.7. The molecule has 0 aliphatic rings. The minimum Gasteiger partial charge on any atom is -0.486 e. The minimum atomic E-state index is 0.465. The van der Waals surface area contributed by atoms with Crippen LogP contribution in [-0.4, -0.2) is 12.1 Å². The highest BCUT2D eigenvalue weighted by molar-refractivity contribution is 7.11. The zero-order valence-electron chi connectivity index (χ0n) is 11.9. The molecule has 0 fully saturated rings. The molecule has 0 radical (unpaired) electrons. The van der Waals surface area contributed by atoms with Crippen molar-refractivity contribution in [2.45, 2.75) is 33.1 Å². The Bertz CT molecular complexity index is 537. The number of aryl methyl sites for hydroxylation is 1. The fourth-order valence-corrected chi connectivity index (χ4v) is 2.74. The van der Waals surface area contributed by atoms with E-state index < -0.39 is 0 Å². The largest absolute Gasteiger partial charge is 0.486 e. The van der Waals surface area contributed by atoms with E-state index in [1.165, 1.54) is 5.56 Å². The lowest BCUT2D eigenvalue weighted by Crippen LogP contribution is -1.99. The van der Waals surface area contributed by atoms with E-state index in [-0.39, 0.29) is 0 Å². The highest BCUT2D eigenvalue weighted by Crippen LogP contribution is 2.21. The molecular weight excluding hydrogens is 272 g/mol. The first-order valence-electron chi connectivity index (χ1n) is 6.65. The lowest BCUT2D eigenvalue weighted by atomic mass is 10.2. The van der Waals surface area contributed by atoms with Crippen molar-refractivity contribution in [3.8, 4) is 5.75 Å². The molecule has 2 rings (SSSR count). The molecule has 4 nitrogen and oxygen atoms in total. The smallest absolute Gasteiger partial charge is 0.140 e. The summed E-state index contributed by atoms with van der Waals surface area (Å²) in [6.07, 6.45) is 1.03. The quantitative estimate of drug-likeness (QED) is 0.852. The van der Waals surface area contributed by atoms with Crippen LogP contribution >= 0.6 is 11.3 Å². The normalized spacial score (nSPS) is 10.8. The van der Waals surface area contributed by atoms with E-state index in [1.54, 1.807) is 18.4 Å². The zero-order chi connectivity index (χ0) is 14.4. The lowest BCUT2D eigenvalue weighted by Gasteiger charge is -2.04. The van der Waals surface area contributed by atoms with Gasteiger partial charge in [0, 0.05) is 18.5 Å². The molecule has 20 heavy (non-hydrogen) atoms. The van der Waals surface area contributed by atoms with Gasteiger partial charge < -0.3 is 15.2 Å². The molecule has 0 aliphatic heterocycles. The maximum Gasteiger partial charge on any atom is 0.140 e. The molecule has 1 heterocycles. The van der Waals surface area contributed by atoms with Crippen molar-refractivity contribution in [1.29, 1.82) is 0 Å². The number of thiazole rings is 1. The predicted octanol–water partition coefficient (Wildman–Crippen LogP) is 2.89. The van der Waals surface area contributed by atoms with Crippen LogP contribution in [0.3, 0.4) is 0 Å². The minimum absolute atomic E-state index is 0.465. The van der Waals surface area contributed by atoms with E-state index in [4.69, 9.17) is 15.2 Å². The number of ether oxygens (including phenoxy) is 2. The Hall–Kier alpha value is -1.43. The fraction of sp³-hybridized carbons (Fsp3) is 0.400. The summed E-state index contributed by atoms with van der Waals surface area (Å²) >= 11 is 1.59. The van der Waals surface area contributed by atoms with Gasteiger partial charge in [-0.15, -0.1) is 11.3 Å². The van der Waals surface area contributed by atoms with Gasteiger partial charge in [-0.2, -0.15) is 0 Å². The van der Waals surface area contributed by atoms with Gasteiger partial charge in [-0.3, -0.25) is 0 Å². The molecule has 2 aromatic rings. The van der Waals surface area contributed by atoms with Crippen molar-refractivity contribution in [3.63, 3.8) is 0 Å². The summed E-state index contributed by atoms with van der Waals surface area (Å²) in [5, 5.41) is 0.928. The summed E-state index contributed by atoms with van der Waals surface area (Å²) in [5.41, 5.74) is 7.93. The average molecular weight is 292 g/mol. The Morgan fingerprint density at radius 3 is 2.55 bits per heavy atom. The first-order valence-corrected chi connectivity index (χ1v) is 7.46. The van der Waals surface area contributed by atoms with Crippen molar-refractivity contribution in [2.24, 2.45) is 5.73 Å². The van der Waals surface area contributed by atoms with E-state index in [2.05, 4.69) is 24.0 Å². The van der Waals surface area contributed by atoms with Crippen LogP contribution in [0, 0.1) is 0 Å². The second-order valence-electron chi connectivity index (χ2n) is 4.40. The molecule has 1 aromatic heterocycles. The third-order valence-electron chi connectivity index (χ3n) is 2.98. The number of hydrogen-bond acceptors (Lipinski definition) is 5. The maximum absolute atomic E-state index is 5.75. The van der Waals surface area contributed by atoms with E-state index in [1.807, 2.05) is 12.1 Å². The summed E-state index contributed by atoms with van der Waals surface area (Å²) in [4.78, 5) is 5.57. The predicted molar refractivity (Wildman–Crippen MR) is 80.9 cm³/mol. The summed E-state index contributed by atoms with van der Waals surface area (Å²) in [6.45, 7) is 3.58. The molecule has 0 bridgehead atoms. The number of nitrogens with zero attached hydrogens (tertiary/aromatic N) is 1.